The number of aromatic amines is 2. The third-order valence-corrected chi connectivity index (χ3v) is 17.5. The summed E-state index contributed by atoms with van der Waals surface area (Å²) in [6.45, 7) is 6.72. The molecule has 4 aliphatic rings. The van der Waals surface area contributed by atoms with Gasteiger partial charge in [-0.25, -0.2) is 36.7 Å². The van der Waals surface area contributed by atoms with Crippen LogP contribution in [0.1, 0.15) is 131 Å². The number of fused-ring (bicyclic) bond motifs is 2. The molecule has 4 aromatic carbocycles. The van der Waals surface area contributed by atoms with Gasteiger partial charge in [0, 0.05) is 76.5 Å². The standard InChI is InChI=1S/C59H71F5N10O8/c1-8-49(80-5)51(70-58(78)82-7)54(75)72-21-9-11-48(72)53-65-42-27-36(38(61)29-44(42)66-53)46-16-17-47(74(46)35-25-40(63)52(41(64)26-35)71-23-18-33(19-24-71)32-12-14-34(60)15-13-32)37-28-43-45(30-39(37)62)68-56(67-43)59(3)20-10-22-73(59)55(76)50(31(2)79-4)69-57(77)81-6/h12-15,25-31,33,46-51,58,70,78H,8-11,16-24H2,1-7H3,(H,65,66)(H,67,68)(H,69,77)/t31-,46-,47-,48+,49-,50+,51-,58?,59-/m1/s1. The van der Waals surface area contributed by atoms with Crippen LogP contribution < -0.4 is 20.4 Å². The number of halogens is 5. The van der Waals surface area contributed by atoms with Crippen molar-refractivity contribution >= 4 is 51.3 Å². The Kier molecular flexibility index (Phi) is 17.1. The van der Waals surface area contributed by atoms with E-state index in [4.69, 9.17) is 28.9 Å². The first-order chi connectivity index (χ1) is 39.4. The quantitative estimate of drug-likeness (QED) is 0.0403. The number of alkyl carbamates (subject to hydrolysis) is 1. The van der Waals surface area contributed by atoms with Gasteiger partial charge in [-0.3, -0.25) is 14.9 Å². The van der Waals surface area contributed by atoms with Gasteiger partial charge in [-0.1, -0.05) is 19.1 Å². The van der Waals surface area contributed by atoms with Gasteiger partial charge < -0.3 is 58.9 Å². The Hall–Kier alpha value is -6.92. The third kappa shape index (κ3) is 11.1. The minimum absolute atomic E-state index is 0.0541. The highest BCUT2D eigenvalue weighted by atomic mass is 19.1. The number of amides is 3. The van der Waals surface area contributed by atoms with E-state index in [0.717, 1.165) is 5.56 Å². The van der Waals surface area contributed by atoms with Gasteiger partial charge in [0.05, 0.1) is 65.0 Å². The van der Waals surface area contributed by atoms with Crippen molar-refractivity contribution in [3.8, 4) is 0 Å². The topological polar surface area (TPSA) is 203 Å². The van der Waals surface area contributed by atoms with Gasteiger partial charge in [0.2, 0.25) is 18.2 Å². The maximum absolute atomic E-state index is 17.1. The number of piperidine rings is 1. The zero-order valence-electron chi connectivity index (χ0n) is 47.0. The number of hydrogen-bond donors (Lipinski definition) is 5. The molecule has 4 fully saturated rings. The number of carbonyl (C=O) groups excluding carboxylic acids is 3. The maximum Gasteiger partial charge on any atom is 0.407 e. The Bertz CT molecular complexity index is 3280. The molecular weight excluding hydrogens is 1070 g/mol. The molecule has 5 N–H and O–H groups in total. The Labute approximate surface area is 472 Å². The zero-order chi connectivity index (χ0) is 58.3. The van der Waals surface area contributed by atoms with Crippen LogP contribution in [0, 0.1) is 29.1 Å². The van der Waals surface area contributed by atoms with Crippen molar-refractivity contribution in [1.29, 1.82) is 0 Å². The fourth-order valence-electron chi connectivity index (χ4n) is 13.0. The van der Waals surface area contributed by atoms with Crippen LogP contribution in [0.2, 0.25) is 0 Å². The highest BCUT2D eigenvalue weighted by molar-refractivity contribution is 5.88. The van der Waals surface area contributed by atoms with Crippen LogP contribution in [0.25, 0.3) is 22.1 Å². The van der Waals surface area contributed by atoms with Crippen LogP contribution in [0.4, 0.5) is 38.1 Å². The van der Waals surface area contributed by atoms with E-state index in [9.17, 15) is 23.9 Å². The van der Waals surface area contributed by atoms with Gasteiger partial charge in [0.15, 0.2) is 11.6 Å². The molecule has 23 heteroatoms. The number of imidazole rings is 2. The predicted octanol–water partition coefficient (Wildman–Crippen LogP) is 9.17. The molecule has 10 rings (SSSR count). The minimum atomic E-state index is -1.44. The summed E-state index contributed by atoms with van der Waals surface area (Å²) in [5.74, 6) is -3.30. The largest absolute Gasteiger partial charge is 0.453 e. The third-order valence-electron chi connectivity index (χ3n) is 17.5. The molecule has 4 saturated heterocycles. The first-order valence-corrected chi connectivity index (χ1v) is 28.0. The summed E-state index contributed by atoms with van der Waals surface area (Å²) in [4.78, 5) is 63.8. The Balaban J connectivity index is 1.00. The molecule has 0 radical (unpaired) electrons. The number of carbonyl (C=O) groups is 3. The molecule has 18 nitrogen and oxygen atoms in total. The molecule has 440 valence electrons. The summed E-state index contributed by atoms with van der Waals surface area (Å²) < 4.78 is 103. The zero-order valence-corrected chi connectivity index (χ0v) is 47.0. The minimum Gasteiger partial charge on any atom is -0.453 e. The highest BCUT2D eigenvalue weighted by Gasteiger charge is 2.48. The van der Waals surface area contributed by atoms with Crippen LogP contribution in [0.5, 0.6) is 0 Å². The second-order valence-electron chi connectivity index (χ2n) is 22.1. The lowest BCUT2D eigenvalue weighted by Gasteiger charge is -2.37. The molecule has 6 aromatic rings. The number of hydrogen-bond acceptors (Lipinski definition) is 13. The Morgan fingerprint density at radius 3 is 1.96 bits per heavy atom. The maximum atomic E-state index is 17.1. The number of benzene rings is 4. The molecule has 0 spiro atoms. The van der Waals surface area contributed by atoms with E-state index in [2.05, 4.69) is 20.6 Å². The number of nitrogens with zero attached hydrogens (tertiary/aromatic N) is 6. The van der Waals surface area contributed by atoms with Gasteiger partial charge in [-0.05, 0) is 120 Å². The van der Waals surface area contributed by atoms with Crippen LogP contribution in [-0.4, -0.2) is 138 Å². The molecule has 3 amide bonds. The molecule has 6 heterocycles. The number of anilines is 2. The number of aliphatic hydroxyl groups excluding tert-OH is 1. The lowest BCUT2D eigenvalue weighted by molar-refractivity contribution is -0.149. The molecule has 0 bridgehead atoms. The van der Waals surface area contributed by atoms with Crippen molar-refractivity contribution in [3.05, 3.63) is 118 Å². The van der Waals surface area contributed by atoms with Gasteiger partial charge >= 0.3 is 6.09 Å². The highest BCUT2D eigenvalue weighted by Crippen LogP contribution is 2.50. The molecular formula is C59H71F5N10O8. The number of likely N-dealkylation sites (tertiary alicyclic amines) is 2. The van der Waals surface area contributed by atoms with Crippen molar-refractivity contribution in [2.24, 2.45) is 0 Å². The van der Waals surface area contributed by atoms with Crippen molar-refractivity contribution in [3.63, 3.8) is 0 Å². The number of aliphatic hydroxyl groups is 1. The summed E-state index contributed by atoms with van der Waals surface area (Å²) in [6, 6.07) is 10.1. The Morgan fingerprint density at radius 2 is 1.37 bits per heavy atom. The van der Waals surface area contributed by atoms with Crippen LogP contribution in [0.3, 0.4) is 0 Å². The predicted molar refractivity (Wildman–Crippen MR) is 295 cm³/mol. The Morgan fingerprint density at radius 1 is 0.732 bits per heavy atom. The van der Waals surface area contributed by atoms with E-state index in [1.807, 2.05) is 13.8 Å². The number of methoxy groups -OCH3 is 4. The van der Waals surface area contributed by atoms with E-state index in [1.165, 1.54) is 64.8 Å². The summed E-state index contributed by atoms with van der Waals surface area (Å²) in [6.07, 6.45) is 0.708. The van der Waals surface area contributed by atoms with E-state index in [0.29, 0.717) is 93.8 Å². The van der Waals surface area contributed by atoms with Crippen molar-refractivity contribution in [2.75, 3.05) is 64.4 Å². The normalized spacial score (nSPS) is 22.5. The lowest BCUT2D eigenvalue weighted by Crippen LogP contribution is -2.57. The van der Waals surface area contributed by atoms with Gasteiger partial charge in [0.1, 0.15) is 46.9 Å². The second kappa shape index (κ2) is 24.1. The SMILES string of the molecule is CC[C@@H](OC)[C@@H](NC(O)OC)C(=O)N1CCC[C@H]1c1nc2cc(F)c([C@H]3CC[C@H](c4cc5[nH]c([C@@]6(C)CCCN6C(=O)[C@@H](NC(=O)OC)[C@@H](C)OC)nc5cc4F)N3c3cc(F)c(N4CCC(c5ccc(F)cc5)CC4)c(F)c3)cc2[nH]1. The van der Waals surface area contributed by atoms with E-state index in [1.54, 1.807) is 50.8 Å². The van der Waals surface area contributed by atoms with Crippen LogP contribution in [0.15, 0.2) is 60.7 Å². The molecule has 1 unspecified atom stereocenters. The first-order valence-electron chi connectivity index (χ1n) is 28.0. The molecule has 82 heavy (non-hydrogen) atoms. The molecule has 9 atom stereocenters. The summed E-state index contributed by atoms with van der Waals surface area (Å²) in [7, 11) is 5.41. The number of rotatable bonds is 18. The number of ether oxygens (including phenoxy) is 4. The van der Waals surface area contributed by atoms with Crippen molar-refractivity contribution in [2.45, 2.75) is 139 Å². The number of aromatic nitrogens is 4. The second-order valence-corrected chi connectivity index (χ2v) is 22.1. The number of H-pyrrole nitrogens is 2. The van der Waals surface area contributed by atoms with Crippen molar-refractivity contribution in [1.82, 2.24) is 40.4 Å². The average Bonchev–Trinajstić information content (AvgIpc) is 4.47. The van der Waals surface area contributed by atoms with E-state index < -0.39 is 89.6 Å². The average molecular weight is 1140 g/mol. The first kappa shape index (κ1) is 58.3. The smallest absolute Gasteiger partial charge is 0.407 e. The fourth-order valence-corrected chi connectivity index (χ4v) is 13.0. The molecule has 0 saturated carbocycles. The summed E-state index contributed by atoms with van der Waals surface area (Å²) >= 11 is 0. The van der Waals surface area contributed by atoms with Gasteiger partial charge in [0.25, 0.3) is 0 Å². The molecule has 0 aliphatic carbocycles. The van der Waals surface area contributed by atoms with Crippen LogP contribution >= 0.6 is 0 Å². The van der Waals surface area contributed by atoms with E-state index in [-0.39, 0.29) is 64.0 Å². The number of nitrogens with one attached hydrogen (secondary N) is 4. The summed E-state index contributed by atoms with van der Waals surface area (Å²) in [5, 5.41) is 15.8. The summed E-state index contributed by atoms with van der Waals surface area (Å²) in [5.41, 5.74) is 1.46. The monoisotopic (exact) mass is 1140 g/mol. The molecule has 4 aliphatic heterocycles. The van der Waals surface area contributed by atoms with Crippen molar-refractivity contribution < 1.29 is 60.4 Å². The van der Waals surface area contributed by atoms with Gasteiger partial charge in [-0.2, -0.15) is 0 Å². The van der Waals surface area contributed by atoms with Gasteiger partial charge in [-0.15, -0.1) is 0 Å². The fraction of sp³-hybridized carbons (Fsp3) is 0.508. The van der Waals surface area contributed by atoms with Crippen LogP contribution in [-0.2, 0) is 34.1 Å². The molecule has 2 aromatic heterocycles. The lowest BCUT2D eigenvalue weighted by atomic mass is 9.89. The van der Waals surface area contributed by atoms with E-state index >= 15 is 17.6 Å².